The Labute approximate surface area is 144 Å². The van der Waals surface area contributed by atoms with Crippen LogP contribution in [-0.4, -0.2) is 63.1 Å². The van der Waals surface area contributed by atoms with Crippen LogP contribution in [0.4, 0.5) is 0 Å². The second kappa shape index (κ2) is 5.31. The Hall–Kier alpha value is -0.930. The minimum atomic E-state index is -4.71. The summed E-state index contributed by atoms with van der Waals surface area (Å²) in [5.74, 6) is -2.76. The fourth-order valence-electron chi connectivity index (χ4n) is 3.25. The zero-order chi connectivity index (χ0) is 17.0. The number of carboxylic acids is 2. The number of fused-ring (bicyclic) bond motifs is 2. The van der Waals surface area contributed by atoms with Gasteiger partial charge in [0.2, 0.25) is 0 Å². The third kappa shape index (κ3) is 2.81. The van der Waals surface area contributed by atoms with Gasteiger partial charge in [-0.2, -0.15) is 0 Å². The average Bonchev–Trinajstić information content (AvgIpc) is 2.22. The Bertz CT molecular complexity index is 790. The molecule has 2 bridgehead atoms. The predicted octanol–water partition coefficient (Wildman–Crippen LogP) is 0.248. The van der Waals surface area contributed by atoms with Gasteiger partial charge in [0.05, 0.1) is 0 Å². The molecule has 2 rings (SSSR count). The molecule has 0 unspecified atom stereocenters. The van der Waals surface area contributed by atoms with Gasteiger partial charge < -0.3 is 0 Å². The molecule has 0 spiro atoms. The van der Waals surface area contributed by atoms with Gasteiger partial charge in [-0.3, -0.25) is 0 Å². The molecule has 0 fully saturated rings. The van der Waals surface area contributed by atoms with Crippen LogP contribution in [0.3, 0.4) is 0 Å². The number of aromatic carboxylic acids is 2. The van der Waals surface area contributed by atoms with Crippen LogP contribution < -0.4 is 2.81 Å². The van der Waals surface area contributed by atoms with Gasteiger partial charge >= 0.3 is 145 Å². The molecule has 1 aromatic carbocycles. The zero-order valence-electron chi connectivity index (χ0n) is 12.3. The van der Waals surface area contributed by atoms with Gasteiger partial charge in [-0.1, -0.05) is 0 Å². The summed E-state index contributed by atoms with van der Waals surface area (Å²) in [6, 6.07) is 0. The summed E-state index contributed by atoms with van der Waals surface area (Å²) in [5.41, 5.74) is -0.945. The van der Waals surface area contributed by atoms with Crippen molar-refractivity contribution in [2.75, 3.05) is 0 Å². The van der Waals surface area contributed by atoms with E-state index in [1.165, 1.54) is 0 Å². The number of hydrogen-bond donors (Lipinski definition) is 3. The number of carboxylic acid groups (broad SMARTS) is 2. The zero-order valence-corrected chi connectivity index (χ0v) is 15.1. The van der Waals surface area contributed by atoms with Crippen LogP contribution in [0.5, 0.6) is 0 Å². The molecule has 0 saturated heterocycles. The summed E-state index contributed by atoms with van der Waals surface area (Å²) in [4.78, 5) is 22.6. The third-order valence-corrected chi connectivity index (χ3v) is 6.32. The monoisotopic (exact) mass is 336 g/mol. The summed E-state index contributed by atoms with van der Waals surface area (Å²) in [7, 11) is -4.71. The van der Waals surface area contributed by atoms with Crippen molar-refractivity contribution in [2.45, 2.75) is 31.6 Å². The molecule has 0 aromatic heterocycles. The van der Waals surface area contributed by atoms with Crippen LogP contribution in [0.2, 0.25) is 0 Å². The molecule has 0 radical (unpaired) electrons. The summed E-state index contributed by atoms with van der Waals surface area (Å²) >= 11 is 0.0566. The first-order valence-electron chi connectivity index (χ1n) is 6.49. The molecule has 1 aliphatic rings. The Morgan fingerprint density at radius 1 is 1.05 bits per heavy atom. The molecule has 22 heavy (non-hydrogen) atoms. The van der Waals surface area contributed by atoms with Crippen molar-refractivity contribution in [3.63, 3.8) is 0 Å². The standard InChI is InChI=1S/C13H13O7S.Na/c1-13(2)4-7-6(11(14)15)3-9(21(18,19)20)8(5-13)10(7)12(16)17;/h4-5H2,1-2H3,(H,14,15)(H,16,17)(H,18,19,20);. The molecular formula is C13H13NaO7S. The van der Waals surface area contributed by atoms with E-state index in [4.69, 9.17) is 0 Å². The molecular weight excluding hydrogens is 323 g/mol. The van der Waals surface area contributed by atoms with Gasteiger partial charge in [-0.15, -0.1) is 0 Å². The quantitative estimate of drug-likeness (QED) is 0.533. The number of carbonyl (C=O) groups is 2. The summed E-state index contributed by atoms with van der Waals surface area (Å²) in [5, 5.41) is 18.8. The van der Waals surface area contributed by atoms with Crippen LogP contribution in [0.15, 0.2) is 4.90 Å². The van der Waals surface area contributed by atoms with Gasteiger partial charge in [0.15, 0.2) is 0 Å². The van der Waals surface area contributed by atoms with Crippen molar-refractivity contribution < 1.29 is 32.8 Å². The van der Waals surface area contributed by atoms with Crippen LogP contribution >= 0.6 is 0 Å². The topological polar surface area (TPSA) is 129 Å². The fraction of sp³-hybridized carbons (Fsp3) is 0.385. The predicted molar refractivity (Wildman–Crippen MR) is 76.8 cm³/mol. The molecule has 1 aromatic rings. The first kappa shape index (κ1) is 17.4. The van der Waals surface area contributed by atoms with E-state index < -0.39 is 32.4 Å². The molecule has 0 atom stereocenters. The molecule has 3 N–H and O–H groups in total. The average molecular weight is 336 g/mol. The van der Waals surface area contributed by atoms with E-state index in [9.17, 15) is 32.8 Å². The van der Waals surface area contributed by atoms with Gasteiger partial charge in [0.1, 0.15) is 0 Å². The van der Waals surface area contributed by atoms with E-state index >= 15 is 0 Å². The molecule has 7 nitrogen and oxygen atoms in total. The van der Waals surface area contributed by atoms with Crippen LogP contribution in [0.25, 0.3) is 0 Å². The minimum absolute atomic E-state index is 0.0104. The van der Waals surface area contributed by atoms with E-state index in [1.54, 1.807) is 13.8 Å². The maximum atomic E-state index is 11.7. The molecule has 0 heterocycles. The first-order valence-corrected chi connectivity index (χ1v) is 8.93. The van der Waals surface area contributed by atoms with E-state index in [0.29, 0.717) is 0 Å². The van der Waals surface area contributed by atoms with Gasteiger partial charge in [-0.25, -0.2) is 0 Å². The summed E-state index contributed by atoms with van der Waals surface area (Å²) in [6.07, 6.45) is 0.371. The van der Waals surface area contributed by atoms with Crippen LogP contribution in [-0.2, 0) is 23.0 Å². The molecule has 1 aliphatic carbocycles. The van der Waals surface area contributed by atoms with Gasteiger partial charge in [0, 0.05) is 0 Å². The van der Waals surface area contributed by atoms with Crippen molar-refractivity contribution in [1.29, 1.82) is 0 Å². The normalized spacial score (nSPS) is 16.4. The van der Waals surface area contributed by atoms with Crippen molar-refractivity contribution in [3.05, 3.63) is 22.3 Å². The molecule has 0 amide bonds. The summed E-state index contributed by atoms with van der Waals surface area (Å²) in [6.45, 7) is 3.59. The van der Waals surface area contributed by atoms with Crippen molar-refractivity contribution in [2.24, 2.45) is 5.41 Å². The van der Waals surface area contributed by atoms with Crippen LogP contribution in [0.1, 0.15) is 45.7 Å². The molecule has 0 saturated carbocycles. The van der Waals surface area contributed by atoms with Gasteiger partial charge in [0.25, 0.3) is 0 Å². The molecule has 114 valence electrons. The van der Waals surface area contributed by atoms with E-state index in [-0.39, 0.29) is 65.8 Å². The molecule has 9 heteroatoms. The second-order valence-electron chi connectivity index (χ2n) is 6.26. The Balaban J connectivity index is 3.09. The number of hydrogen-bond acceptors (Lipinski definition) is 4. The summed E-state index contributed by atoms with van der Waals surface area (Å²) < 4.78 is 32.9. The SMILES string of the molecule is CC1(C)Cc2c(C(=O)O)[c]([Na])c(S(=O)(=O)O)c(c2C(=O)O)C1. The molecule has 0 aliphatic heterocycles. The number of rotatable bonds is 3. The van der Waals surface area contributed by atoms with E-state index in [0.717, 1.165) is 0 Å². The van der Waals surface area contributed by atoms with Crippen LogP contribution in [0, 0.1) is 5.41 Å². The van der Waals surface area contributed by atoms with Crippen molar-refractivity contribution >= 4 is 52.8 Å². The fourth-order valence-corrected chi connectivity index (χ4v) is 5.81. The maximum absolute atomic E-state index is 11.7. The van der Waals surface area contributed by atoms with Crippen molar-refractivity contribution in [3.8, 4) is 0 Å². The Morgan fingerprint density at radius 3 is 1.91 bits per heavy atom. The first-order chi connectivity index (χ1) is 9.87. The Morgan fingerprint density at radius 2 is 1.50 bits per heavy atom. The van der Waals surface area contributed by atoms with Crippen molar-refractivity contribution in [1.82, 2.24) is 0 Å². The van der Waals surface area contributed by atoms with E-state index in [1.807, 2.05) is 0 Å². The van der Waals surface area contributed by atoms with Gasteiger partial charge in [-0.05, 0) is 0 Å². The third-order valence-electron chi connectivity index (χ3n) is 3.89. The number of benzene rings is 1. The second-order valence-corrected chi connectivity index (χ2v) is 8.62. The van der Waals surface area contributed by atoms with E-state index in [2.05, 4.69) is 0 Å². The Kier molecular flexibility index (Phi) is 4.21.